The third kappa shape index (κ3) is 3.47. The molecule has 0 fully saturated rings. The second-order valence-corrected chi connectivity index (χ2v) is 7.58. The Morgan fingerprint density at radius 2 is 2.00 bits per heavy atom. The van der Waals surface area contributed by atoms with Crippen LogP contribution in [0.1, 0.15) is 47.3 Å². The first-order chi connectivity index (χ1) is 13.0. The van der Waals surface area contributed by atoms with Crippen LogP contribution in [0.15, 0.2) is 59.7 Å². The van der Waals surface area contributed by atoms with Gasteiger partial charge in [-0.2, -0.15) is 0 Å². The molecule has 4 rings (SSSR count). The van der Waals surface area contributed by atoms with Crippen LogP contribution in [0.25, 0.3) is 5.57 Å². The van der Waals surface area contributed by atoms with Crippen LogP contribution < -0.4 is 10.6 Å². The van der Waals surface area contributed by atoms with Gasteiger partial charge in [-0.25, -0.2) is 0 Å². The normalized spacial score (nSPS) is 19.2. The van der Waals surface area contributed by atoms with Gasteiger partial charge in [0.15, 0.2) is 5.78 Å². The Bertz CT molecular complexity index is 968. The molecule has 0 bridgehead atoms. The lowest BCUT2D eigenvalue weighted by molar-refractivity contribution is 0.101. The fourth-order valence-electron chi connectivity index (χ4n) is 4.07. The molecule has 2 aromatic rings. The molecule has 3 nitrogen and oxygen atoms in total. The molecule has 1 unspecified atom stereocenters. The quantitative estimate of drug-likeness (QED) is 0.779. The van der Waals surface area contributed by atoms with E-state index in [4.69, 9.17) is 0 Å². The molecule has 2 aliphatic rings. The van der Waals surface area contributed by atoms with Crippen molar-refractivity contribution in [3.63, 3.8) is 0 Å². The highest BCUT2D eigenvalue weighted by atomic mass is 16.1. The third-order valence-corrected chi connectivity index (χ3v) is 5.45. The summed E-state index contributed by atoms with van der Waals surface area (Å²) in [6.07, 6.45) is 3.30. The molecule has 0 saturated heterocycles. The van der Waals surface area contributed by atoms with Gasteiger partial charge >= 0.3 is 0 Å². The van der Waals surface area contributed by atoms with Gasteiger partial charge in [-0.15, -0.1) is 0 Å². The molecule has 0 aromatic heterocycles. The number of rotatable bonds is 3. The van der Waals surface area contributed by atoms with Crippen molar-refractivity contribution in [2.75, 3.05) is 18.4 Å². The minimum atomic E-state index is 0.102. The first kappa shape index (κ1) is 17.7. The molecule has 0 saturated carbocycles. The van der Waals surface area contributed by atoms with Gasteiger partial charge in [-0.3, -0.25) is 4.79 Å². The third-order valence-electron chi connectivity index (χ3n) is 5.45. The molecule has 0 spiro atoms. The van der Waals surface area contributed by atoms with E-state index in [9.17, 15) is 4.79 Å². The van der Waals surface area contributed by atoms with Crippen molar-refractivity contribution < 1.29 is 4.79 Å². The molecule has 2 heterocycles. The first-order valence-electron chi connectivity index (χ1n) is 9.67. The van der Waals surface area contributed by atoms with Crippen molar-refractivity contribution in [1.82, 2.24) is 5.32 Å². The predicted octanol–water partition coefficient (Wildman–Crippen LogP) is 4.73. The number of carbonyl (C=O) groups excluding carboxylic acids is 1. The molecule has 2 N–H and O–H groups in total. The molecule has 0 aliphatic carbocycles. The molecule has 1 atom stereocenters. The van der Waals surface area contributed by atoms with Crippen molar-refractivity contribution in [2.45, 2.75) is 33.2 Å². The Labute approximate surface area is 161 Å². The average molecular weight is 358 g/mol. The summed E-state index contributed by atoms with van der Waals surface area (Å²) < 4.78 is 0. The van der Waals surface area contributed by atoms with Crippen LogP contribution in [0.2, 0.25) is 0 Å². The second-order valence-electron chi connectivity index (χ2n) is 7.58. The Morgan fingerprint density at radius 3 is 2.74 bits per heavy atom. The van der Waals surface area contributed by atoms with Crippen molar-refractivity contribution >= 4 is 17.0 Å². The Morgan fingerprint density at radius 1 is 1.15 bits per heavy atom. The molecule has 0 radical (unpaired) electrons. The van der Waals surface area contributed by atoms with Crippen LogP contribution in [0.3, 0.4) is 0 Å². The molecule has 2 aliphatic heterocycles. The standard InChI is InChI=1S/C24H26N2O/c1-15-7-8-23-22(11-15)24(19-6-4-5-18(13-19)17(3)27)21(9-10-25-23)20-12-16(2)26-14-20/h4-8,11-13,16,25-26H,9-10,14H2,1-3H3. The molecule has 3 heteroatoms. The summed E-state index contributed by atoms with van der Waals surface area (Å²) in [7, 11) is 0. The Kier molecular flexibility index (Phi) is 4.71. The minimum Gasteiger partial charge on any atom is -0.384 e. The van der Waals surface area contributed by atoms with E-state index in [0.29, 0.717) is 6.04 Å². The zero-order valence-corrected chi connectivity index (χ0v) is 16.2. The van der Waals surface area contributed by atoms with Gasteiger partial charge in [-0.05, 0) is 67.7 Å². The van der Waals surface area contributed by atoms with E-state index in [1.807, 2.05) is 18.2 Å². The van der Waals surface area contributed by atoms with Gasteiger partial charge in [0.25, 0.3) is 0 Å². The van der Waals surface area contributed by atoms with E-state index in [0.717, 1.165) is 30.6 Å². The lowest BCUT2D eigenvalue weighted by Crippen LogP contribution is -2.18. The fourth-order valence-corrected chi connectivity index (χ4v) is 4.07. The summed E-state index contributed by atoms with van der Waals surface area (Å²) >= 11 is 0. The number of hydrogen-bond donors (Lipinski definition) is 2. The minimum absolute atomic E-state index is 0.102. The number of fused-ring (bicyclic) bond motifs is 1. The van der Waals surface area contributed by atoms with Gasteiger partial charge < -0.3 is 10.6 Å². The van der Waals surface area contributed by atoms with Crippen LogP contribution in [0, 0.1) is 6.92 Å². The lowest BCUT2D eigenvalue weighted by Gasteiger charge is -2.17. The van der Waals surface area contributed by atoms with Crippen LogP contribution in [0.4, 0.5) is 5.69 Å². The van der Waals surface area contributed by atoms with Crippen molar-refractivity contribution in [2.24, 2.45) is 0 Å². The Hall–Kier alpha value is -2.65. The number of benzene rings is 2. The fraction of sp³-hybridized carbons (Fsp3) is 0.292. The number of carbonyl (C=O) groups is 1. The van der Waals surface area contributed by atoms with Crippen LogP contribution in [0.5, 0.6) is 0 Å². The van der Waals surface area contributed by atoms with E-state index in [1.165, 1.54) is 33.5 Å². The Balaban J connectivity index is 1.99. The van der Waals surface area contributed by atoms with E-state index < -0.39 is 0 Å². The number of aryl methyl sites for hydroxylation is 1. The van der Waals surface area contributed by atoms with Crippen molar-refractivity contribution in [3.8, 4) is 0 Å². The van der Waals surface area contributed by atoms with Gasteiger partial charge in [0.2, 0.25) is 0 Å². The molecule has 2 aromatic carbocycles. The van der Waals surface area contributed by atoms with Crippen molar-refractivity contribution in [1.29, 1.82) is 0 Å². The molecule has 0 amide bonds. The first-order valence-corrected chi connectivity index (χ1v) is 9.67. The summed E-state index contributed by atoms with van der Waals surface area (Å²) in [5.41, 5.74) is 9.52. The second kappa shape index (κ2) is 7.16. The largest absolute Gasteiger partial charge is 0.384 e. The number of nitrogens with one attached hydrogen (secondary N) is 2. The topological polar surface area (TPSA) is 41.1 Å². The van der Waals surface area contributed by atoms with E-state index in [2.05, 4.69) is 54.8 Å². The number of anilines is 1. The highest BCUT2D eigenvalue weighted by Crippen LogP contribution is 2.39. The smallest absolute Gasteiger partial charge is 0.159 e. The summed E-state index contributed by atoms with van der Waals surface area (Å²) in [5.74, 6) is 0.102. The maximum atomic E-state index is 12.0. The SMILES string of the molecule is CC(=O)c1cccc(C2=C(C3=CC(C)NC3)CCNc3ccc(C)cc32)c1. The van der Waals surface area contributed by atoms with Crippen molar-refractivity contribution in [3.05, 3.63) is 81.9 Å². The average Bonchev–Trinajstić information content (AvgIpc) is 2.99. The summed E-state index contributed by atoms with van der Waals surface area (Å²) in [6, 6.07) is 15.0. The molecule has 27 heavy (non-hydrogen) atoms. The van der Waals surface area contributed by atoms with Gasteiger partial charge in [0.05, 0.1) is 0 Å². The molecular weight excluding hydrogens is 332 g/mol. The lowest BCUT2D eigenvalue weighted by atomic mass is 9.86. The number of Topliss-reactive ketones (excluding diaryl/α,β-unsaturated/α-hetero) is 1. The summed E-state index contributed by atoms with van der Waals surface area (Å²) in [4.78, 5) is 12.0. The maximum Gasteiger partial charge on any atom is 0.159 e. The summed E-state index contributed by atoms with van der Waals surface area (Å²) in [5, 5.41) is 7.12. The maximum absolute atomic E-state index is 12.0. The molecular formula is C24H26N2O. The van der Waals surface area contributed by atoms with Gasteiger partial charge in [-0.1, -0.05) is 35.9 Å². The zero-order chi connectivity index (χ0) is 19.0. The number of ketones is 1. The predicted molar refractivity (Wildman–Crippen MR) is 112 cm³/mol. The van der Waals surface area contributed by atoms with Crippen LogP contribution in [-0.4, -0.2) is 24.9 Å². The van der Waals surface area contributed by atoms with E-state index >= 15 is 0 Å². The highest BCUT2D eigenvalue weighted by molar-refractivity contribution is 5.97. The van der Waals surface area contributed by atoms with E-state index in [1.54, 1.807) is 6.92 Å². The van der Waals surface area contributed by atoms with Gasteiger partial charge in [0, 0.05) is 35.9 Å². The van der Waals surface area contributed by atoms with Crippen LogP contribution in [-0.2, 0) is 0 Å². The highest BCUT2D eigenvalue weighted by Gasteiger charge is 2.24. The van der Waals surface area contributed by atoms with Gasteiger partial charge in [0.1, 0.15) is 0 Å². The molecule has 138 valence electrons. The number of hydrogen-bond acceptors (Lipinski definition) is 3. The van der Waals surface area contributed by atoms with Crippen LogP contribution >= 0.6 is 0 Å². The van der Waals surface area contributed by atoms with E-state index in [-0.39, 0.29) is 5.78 Å². The summed E-state index contributed by atoms with van der Waals surface area (Å²) in [6.45, 7) is 7.76. The zero-order valence-electron chi connectivity index (χ0n) is 16.2. The monoisotopic (exact) mass is 358 g/mol.